The normalized spacial score (nSPS) is 14.6. The lowest BCUT2D eigenvalue weighted by Crippen LogP contribution is -2.17. The predicted octanol–water partition coefficient (Wildman–Crippen LogP) is 2.84. The molecule has 0 radical (unpaired) electrons. The summed E-state index contributed by atoms with van der Waals surface area (Å²) in [5.41, 5.74) is -1.79. The van der Waals surface area contributed by atoms with E-state index in [1.165, 1.54) is 20.1 Å². The first kappa shape index (κ1) is 11.2. The van der Waals surface area contributed by atoms with Crippen LogP contribution in [0.4, 0.5) is 4.39 Å². The Morgan fingerprint density at radius 3 is 2.71 bits per heavy atom. The van der Waals surface area contributed by atoms with E-state index in [2.05, 4.69) is 15.9 Å². The smallest absolute Gasteiger partial charge is 0.191 e. The van der Waals surface area contributed by atoms with Gasteiger partial charge in [0.05, 0.1) is 7.11 Å². The molecule has 1 atom stereocenters. The molecule has 0 aliphatic rings. The van der Waals surface area contributed by atoms with E-state index in [-0.39, 0.29) is 11.8 Å². The fourth-order valence-electron chi connectivity index (χ4n) is 1.13. The van der Waals surface area contributed by atoms with Gasteiger partial charge in [-0.05, 0) is 25.1 Å². The molecule has 0 N–H and O–H groups in total. The number of aldehydes is 1. The van der Waals surface area contributed by atoms with Crippen LogP contribution in [0.5, 0.6) is 5.75 Å². The highest BCUT2D eigenvalue weighted by Crippen LogP contribution is 2.33. The average Bonchev–Trinajstić information content (AvgIpc) is 2.18. The highest BCUT2D eigenvalue weighted by atomic mass is 79.9. The lowest BCUT2D eigenvalue weighted by molar-refractivity contribution is -0.117. The van der Waals surface area contributed by atoms with Crippen LogP contribution in [0.1, 0.15) is 12.5 Å². The first-order chi connectivity index (χ1) is 6.51. The number of hydrogen-bond donors (Lipinski definition) is 0. The molecular weight excluding hydrogens is 251 g/mol. The topological polar surface area (TPSA) is 26.3 Å². The van der Waals surface area contributed by atoms with Crippen molar-refractivity contribution < 1.29 is 13.9 Å². The number of methoxy groups -OCH3 is 1. The quantitative estimate of drug-likeness (QED) is 0.782. The van der Waals surface area contributed by atoms with Crippen LogP contribution in [0.25, 0.3) is 0 Å². The Balaban J connectivity index is 3.30. The molecule has 2 nitrogen and oxygen atoms in total. The molecule has 0 saturated heterocycles. The van der Waals surface area contributed by atoms with E-state index in [4.69, 9.17) is 4.74 Å². The molecule has 4 heteroatoms. The van der Waals surface area contributed by atoms with E-state index >= 15 is 0 Å². The summed E-state index contributed by atoms with van der Waals surface area (Å²) in [5.74, 6) is 0.366. The van der Waals surface area contributed by atoms with Crippen molar-refractivity contribution >= 4 is 22.2 Å². The summed E-state index contributed by atoms with van der Waals surface area (Å²) in [4.78, 5) is 10.6. The Morgan fingerprint density at radius 2 is 2.21 bits per heavy atom. The van der Waals surface area contributed by atoms with Crippen molar-refractivity contribution in [2.75, 3.05) is 7.11 Å². The lowest BCUT2D eigenvalue weighted by atomic mass is 9.99. The monoisotopic (exact) mass is 260 g/mol. The highest BCUT2D eigenvalue weighted by Gasteiger charge is 2.28. The Morgan fingerprint density at radius 1 is 1.57 bits per heavy atom. The van der Waals surface area contributed by atoms with Crippen LogP contribution in [0.3, 0.4) is 0 Å². The van der Waals surface area contributed by atoms with Crippen molar-refractivity contribution in [1.29, 1.82) is 0 Å². The zero-order valence-electron chi connectivity index (χ0n) is 7.88. The van der Waals surface area contributed by atoms with Gasteiger partial charge in [0, 0.05) is 10.0 Å². The van der Waals surface area contributed by atoms with Gasteiger partial charge in [-0.2, -0.15) is 0 Å². The van der Waals surface area contributed by atoms with Crippen LogP contribution >= 0.6 is 15.9 Å². The third-order valence-corrected chi connectivity index (χ3v) is 2.40. The zero-order chi connectivity index (χ0) is 10.8. The molecule has 0 fully saturated rings. The number of carbonyl (C=O) groups is 1. The molecule has 1 rings (SSSR count). The second-order valence-corrected chi connectivity index (χ2v) is 3.95. The molecule has 0 aliphatic carbocycles. The Hall–Kier alpha value is -0.900. The predicted molar refractivity (Wildman–Crippen MR) is 55.2 cm³/mol. The molecule has 0 bridgehead atoms. The third-order valence-electron chi connectivity index (χ3n) is 1.91. The number of carbonyl (C=O) groups excluding carboxylic acids is 1. The summed E-state index contributed by atoms with van der Waals surface area (Å²) in [6, 6.07) is 4.87. The SMILES string of the molecule is COc1ccc(Br)cc1C(C)(F)C=O. The van der Waals surface area contributed by atoms with Crippen molar-refractivity contribution in [3.63, 3.8) is 0 Å². The first-order valence-corrected chi connectivity index (χ1v) is 4.80. The van der Waals surface area contributed by atoms with Gasteiger partial charge in [0.2, 0.25) is 0 Å². The first-order valence-electron chi connectivity index (χ1n) is 4.00. The fourth-order valence-corrected chi connectivity index (χ4v) is 1.49. The van der Waals surface area contributed by atoms with Crippen molar-refractivity contribution in [3.8, 4) is 5.75 Å². The van der Waals surface area contributed by atoms with Gasteiger partial charge in [0.15, 0.2) is 12.0 Å². The molecule has 1 unspecified atom stereocenters. The molecule has 76 valence electrons. The molecule has 1 aromatic rings. The number of ether oxygens (including phenoxy) is 1. The minimum absolute atomic E-state index is 0.226. The highest BCUT2D eigenvalue weighted by molar-refractivity contribution is 9.10. The van der Waals surface area contributed by atoms with Gasteiger partial charge in [-0.15, -0.1) is 0 Å². The summed E-state index contributed by atoms with van der Waals surface area (Å²) < 4.78 is 19.4. The molecule has 0 aliphatic heterocycles. The molecular formula is C10H10BrFO2. The molecule has 0 heterocycles. The van der Waals surface area contributed by atoms with E-state index in [9.17, 15) is 9.18 Å². The van der Waals surface area contributed by atoms with Gasteiger partial charge in [0.1, 0.15) is 5.75 Å². The van der Waals surface area contributed by atoms with Crippen molar-refractivity contribution in [2.24, 2.45) is 0 Å². The summed E-state index contributed by atoms with van der Waals surface area (Å²) in [6.07, 6.45) is 0.261. The van der Waals surface area contributed by atoms with E-state index in [1.54, 1.807) is 12.1 Å². The zero-order valence-corrected chi connectivity index (χ0v) is 9.47. The summed E-state index contributed by atoms with van der Waals surface area (Å²) in [5, 5.41) is 0. The molecule has 0 spiro atoms. The number of benzene rings is 1. The average molecular weight is 261 g/mol. The number of hydrogen-bond acceptors (Lipinski definition) is 2. The van der Waals surface area contributed by atoms with Crippen LogP contribution in [-0.4, -0.2) is 13.4 Å². The molecule has 14 heavy (non-hydrogen) atoms. The van der Waals surface area contributed by atoms with E-state index in [0.717, 1.165) is 0 Å². The van der Waals surface area contributed by atoms with E-state index < -0.39 is 5.67 Å². The number of alkyl halides is 1. The van der Waals surface area contributed by atoms with Gasteiger partial charge < -0.3 is 4.74 Å². The standard InChI is InChI=1S/C10H10BrFO2/c1-10(12,6-13)8-5-7(11)3-4-9(8)14-2/h3-6H,1-2H3. The van der Waals surface area contributed by atoms with E-state index in [1.807, 2.05) is 0 Å². The van der Waals surface area contributed by atoms with Gasteiger partial charge in [-0.1, -0.05) is 15.9 Å². The summed E-state index contributed by atoms with van der Waals surface area (Å²) in [6.45, 7) is 1.20. The van der Waals surface area contributed by atoms with Crippen LogP contribution in [0, 0.1) is 0 Å². The van der Waals surface area contributed by atoms with Crippen LogP contribution in [0.2, 0.25) is 0 Å². The van der Waals surface area contributed by atoms with Crippen molar-refractivity contribution in [1.82, 2.24) is 0 Å². The molecule has 0 saturated carbocycles. The second-order valence-electron chi connectivity index (χ2n) is 3.04. The maximum atomic E-state index is 13.7. The molecule has 0 amide bonds. The number of rotatable bonds is 3. The molecule has 1 aromatic carbocycles. The van der Waals surface area contributed by atoms with Crippen LogP contribution in [0.15, 0.2) is 22.7 Å². The van der Waals surface area contributed by atoms with Crippen molar-refractivity contribution in [3.05, 3.63) is 28.2 Å². The minimum Gasteiger partial charge on any atom is -0.496 e. The second kappa shape index (κ2) is 4.09. The maximum absolute atomic E-state index is 13.7. The Bertz CT molecular complexity index is 350. The van der Waals surface area contributed by atoms with Crippen molar-refractivity contribution in [2.45, 2.75) is 12.6 Å². The minimum atomic E-state index is -2.02. The molecule has 0 aromatic heterocycles. The summed E-state index contributed by atoms with van der Waals surface area (Å²) >= 11 is 3.21. The largest absolute Gasteiger partial charge is 0.496 e. The third kappa shape index (κ3) is 2.12. The Labute approximate surface area is 90.2 Å². The number of halogens is 2. The summed E-state index contributed by atoms with van der Waals surface area (Å²) in [7, 11) is 1.44. The van der Waals surface area contributed by atoms with Gasteiger partial charge in [-0.3, -0.25) is 4.79 Å². The van der Waals surface area contributed by atoms with Gasteiger partial charge in [0.25, 0.3) is 0 Å². The van der Waals surface area contributed by atoms with Crippen LogP contribution < -0.4 is 4.74 Å². The Kier molecular flexibility index (Phi) is 3.26. The van der Waals surface area contributed by atoms with E-state index in [0.29, 0.717) is 10.2 Å². The van der Waals surface area contributed by atoms with Gasteiger partial charge >= 0.3 is 0 Å². The lowest BCUT2D eigenvalue weighted by Gasteiger charge is -2.17. The fraction of sp³-hybridized carbons (Fsp3) is 0.300. The van der Waals surface area contributed by atoms with Gasteiger partial charge in [-0.25, -0.2) is 4.39 Å². The van der Waals surface area contributed by atoms with Crippen LogP contribution in [-0.2, 0) is 10.5 Å². The maximum Gasteiger partial charge on any atom is 0.191 e.